The molecule has 0 unspecified atom stereocenters. The molecule has 2 N–H and O–H groups in total. The normalized spacial score (nSPS) is 11.9. The highest BCUT2D eigenvalue weighted by Gasteiger charge is 2.15. The van der Waals surface area contributed by atoms with E-state index in [1.54, 1.807) is 6.92 Å². The van der Waals surface area contributed by atoms with Crippen molar-refractivity contribution < 1.29 is 21.9 Å². The molecule has 12 heteroatoms. The molecule has 0 aromatic heterocycles. The molecule has 0 saturated carbocycles. The van der Waals surface area contributed by atoms with Crippen LogP contribution in [0.15, 0.2) is 17.1 Å². The second kappa shape index (κ2) is 12.0. The van der Waals surface area contributed by atoms with Crippen molar-refractivity contribution in [1.82, 2.24) is 10.6 Å². The van der Waals surface area contributed by atoms with E-state index in [0.29, 0.717) is 11.5 Å². The van der Waals surface area contributed by atoms with E-state index in [2.05, 4.69) is 20.4 Å². The third kappa shape index (κ3) is 8.87. The Hall–Kier alpha value is -0.590. The Morgan fingerprint density at radius 1 is 1.31 bits per heavy atom. The summed E-state index contributed by atoms with van der Waals surface area (Å²) < 4.78 is 52.4. The zero-order chi connectivity index (χ0) is 19.0. The molecule has 0 atom stereocenters. The van der Waals surface area contributed by atoms with E-state index in [9.17, 15) is 17.2 Å². The lowest BCUT2D eigenvalue weighted by Crippen LogP contribution is -2.39. The Morgan fingerprint density at radius 2 is 1.96 bits per heavy atom. The fourth-order valence-corrected chi connectivity index (χ4v) is 3.12. The predicted octanol–water partition coefficient (Wildman–Crippen LogP) is 3.31. The number of hydrogen-bond donors (Lipinski definition) is 2. The molecule has 0 aliphatic rings. The van der Waals surface area contributed by atoms with Crippen LogP contribution in [0.1, 0.15) is 12.5 Å². The number of hydrogen-bond acceptors (Lipinski definition) is 4. The molecule has 6 nitrogen and oxygen atoms in total. The van der Waals surface area contributed by atoms with Gasteiger partial charge in [0.1, 0.15) is 5.75 Å². The molecule has 26 heavy (non-hydrogen) atoms. The standard InChI is InChI=1S/C14H19Cl2F2N3O3S.HI/c1-3-25(22,23)5-4-20-14(19-2)21-8-9-6-10(15)7-11(16)12(9)24-13(17)18;/h6-7,13H,3-5,8H2,1-2H3,(H2,19,20,21);1H. The van der Waals surface area contributed by atoms with Gasteiger partial charge in [-0.3, -0.25) is 4.99 Å². The van der Waals surface area contributed by atoms with Gasteiger partial charge in [0.2, 0.25) is 0 Å². The average molecular weight is 546 g/mol. The molecular weight excluding hydrogens is 526 g/mol. The number of nitrogens with one attached hydrogen (secondary N) is 2. The summed E-state index contributed by atoms with van der Waals surface area (Å²) in [5, 5.41) is 5.91. The van der Waals surface area contributed by atoms with Crippen molar-refractivity contribution in [2.45, 2.75) is 20.1 Å². The summed E-state index contributed by atoms with van der Waals surface area (Å²) >= 11 is 11.8. The van der Waals surface area contributed by atoms with Crippen LogP contribution in [0.3, 0.4) is 0 Å². The lowest BCUT2D eigenvalue weighted by atomic mass is 10.2. The molecule has 1 aromatic rings. The summed E-state index contributed by atoms with van der Waals surface area (Å²) in [6.07, 6.45) is 0. The van der Waals surface area contributed by atoms with Crippen LogP contribution < -0.4 is 15.4 Å². The number of sulfone groups is 1. The monoisotopic (exact) mass is 545 g/mol. The number of benzene rings is 1. The number of aliphatic imine (C=N–C) groups is 1. The minimum absolute atomic E-state index is 0. The number of guanidine groups is 1. The molecule has 0 spiro atoms. The first-order valence-electron chi connectivity index (χ1n) is 7.26. The van der Waals surface area contributed by atoms with Crippen LogP contribution >= 0.6 is 47.2 Å². The van der Waals surface area contributed by atoms with Crippen LogP contribution in [-0.2, 0) is 16.4 Å². The molecule has 0 amide bonds. The van der Waals surface area contributed by atoms with E-state index in [0.717, 1.165) is 0 Å². The van der Waals surface area contributed by atoms with Crippen LogP contribution in [-0.4, -0.2) is 46.1 Å². The second-order valence-electron chi connectivity index (χ2n) is 4.84. The quantitative estimate of drug-likeness (QED) is 0.298. The van der Waals surface area contributed by atoms with E-state index in [4.69, 9.17) is 23.2 Å². The average Bonchev–Trinajstić information content (AvgIpc) is 2.53. The molecule has 1 aromatic carbocycles. The van der Waals surface area contributed by atoms with Gasteiger partial charge in [-0.2, -0.15) is 8.78 Å². The van der Waals surface area contributed by atoms with Gasteiger partial charge in [-0.15, -0.1) is 24.0 Å². The number of ether oxygens (including phenoxy) is 1. The van der Waals surface area contributed by atoms with E-state index in [-0.39, 0.29) is 64.4 Å². The highest BCUT2D eigenvalue weighted by Crippen LogP contribution is 2.33. The lowest BCUT2D eigenvalue weighted by molar-refractivity contribution is -0.0504. The second-order valence-corrected chi connectivity index (χ2v) is 8.16. The van der Waals surface area contributed by atoms with E-state index >= 15 is 0 Å². The summed E-state index contributed by atoms with van der Waals surface area (Å²) in [5.74, 6) is 0.117. The molecule has 0 heterocycles. The Labute approximate surface area is 178 Å². The first-order valence-corrected chi connectivity index (χ1v) is 9.84. The molecule has 0 radical (unpaired) electrons. The number of nitrogens with zero attached hydrogens (tertiary/aromatic N) is 1. The van der Waals surface area contributed by atoms with Gasteiger partial charge in [0.25, 0.3) is 0 Å². The molecule has 1 rings (SSSR count). The summed E-state index contributed by atoms with van der Waals surface area (Å²) in [6.45, 7) is -1.26. The van der Waals surface area contributed by atoms with Gasteiger partial charge in [-0.25, -0.2) is 8.42 Å². The van der Waals surface area contributed by atoms with Crippen LogP contribution in [0.4, 0.5) is 8.78 Å². The van der Waals surface area contributed by atoms with Crippen molar-refractivity contribution in [1.29, 1.82) is 0 Å². The largest absolute Gasteiger partial charge is 0.433 e. The van der Waals surface area contributed by atoms with Gasteiger partial charge >= 0.3 is 6.61 Å². The van der Waals surface area contributed by atoms with E-state index in [1.807, 2.05) is 0 Å². The first kappa shape index (κ1) is 25.4. The van der Waals surface area contributed by atoms with Gasteiger partial charge in [-0.05, 0) is 12.1 Å². The third-order valence-electron chi connectivity index (χ3n) is 3.11. The lowest BCUT2D eigenvalue weighted by Gasteiger charge is -2.16. The molecule has 0 fully saturated rings. The third-order valence-corrected chi connectivity index (χ3v) is 5.31. The maximum absolute atomic E-state index is 12.5. The van der Waals surface area contributed by atoms with Crippen LogP contribution in [0, 0.1) is 0 Å². The predicted molar refractivity (Wildman–Crippen MR) is 111 cm³/mol. The van der Waals surface area contributed by atoms with Crippen molar-refractivity contribution in [3.8, 4) is 5.75 Å². The van der Waals surface area contributed by atoms with Gasteiger partial charge in [0.05, 0.1) is 10.8 Å². The molecule has 0 aliphatic heterocycles. The zero-order valence-corrected chi connectivity index (χ0v) is 18.7. The summed E-state index contributed by atoms with van der Waals surface area (Å²) in [6, 6.07) is 2.74. The minimum Gasteiger partial charge on any atom is -0.433 e. The maximum atomic E-state index is 12.5. The smallest absolute Gasteiger partial charge is 0.387 e. The van der Waals surface area contributed by atoms with Gasteiger partial charge in [0.15, 0.2) is 15.8 Å². The SMILES string of the molecule is CCS(=O)(=O)CCNC(=NC)NCc1cc(Cl)cc(Cl)c1OC(F)F.I. The fraction of sp³-hybridized carbons (Fsp3) is 0.500. The van der Waals surface area contributed by atoms with Crippen molar-refractivity contribution in [2.24, 2.45) is 4.99 Å². The number of alkyl halides is 2. The summed E-state index contributed by atoms with van der Waals surface area (Å²) in [4.78, 5) is 3.93. The Kier molecular flexibility index (Phi) is 11.7. The number of rotatable bonds is 8. The Balaban J connectivity index is 0.00000625. The van der Waals surface area contributed by atoms with Crippen LogP contribution in [0.2, 0.25) is 10.0 Å². The highest BCUT2D eigenvalue weighted by atomic mass is 127. The Morgan fingerprint density at radius 3 is 2.50 bits per heavy atom. The molecule has 0 aliphatic carbocycles. The summed E-state index contributed by atoms with van der Waals surface area (Å²) in [7, 11) is -1.61. The van der Waals surface area contributed by atoms with Crippen molar-refractivity contribution in [3.63, 3.8) is 0 Å². The van der Waals surface area contributed by atoms with Crippen molar-refractivity contribution >= 4 is 63.0 Å². The number of halogens is 5. The minimum atomic E-state index is -3.11. The zero-order valence-electron chi connectivity index (χ0n) is 14.1. The summed E-state index contributed by atoms with van der Waals surface area (Å²) in [5.41, 5.74) is 0.307. The topological polar surface area (TPSA) is 79.8 Å². The van der Waals surface area contributed by atoms with E-state index < -0.39 is 16.4 Å². The Bertz CT molecular complexity index is 722. The molecular formula is C14H20Cl2F2IN3O3S. The van der Waals surface area contributed by atoms with Gasteiger partial charge < -0.3 is 15.4 Å². The molecule has 0 saturated heterocycles. The van der Waals surface area contributed by atoms with Crippen LogP contribution in [0.25, 0.3) is 0 Å². The van der Waals surface area contributed by atoms with Crippen molar-refractivity contribution in [3.05, 3.63) is 27.7 Å². The van der Waals surface area contributed by atoms with Gasteiger partial charge in [-0.1, -0.05) is 30.1 Å². The first-order chi connectivity index (χ1) is 11.7. The fourth-order valence-electron chi connectivity index (χ4n) is 1.83. The molecule has 0 bridgehead atoms. The van der Waals surface area contributed by atoms with Crippen LogP contribution in [0.5, 0.6) is 5.75 Å². The van der Waals surface area contributed by atoms with Crippen molar-refractivity contribution in [2.75, 3.05) is 25.1 Å². The van der Waals surface area contributed by atoms with Gasteiger partial charge in [0, 0.05) is 36.5 Å². The molecule has 150 valence electrons. The maximum Gasteiger partial charge on any atom is 0.387 e. The highest BCUT2D eigenvalue weighted by molar-refractivity contribution is 14.0. The van der Waals surface area contributed by atoms with E-state index in [1.165, 1.54) is 19.2 Å².